The number of carbonyl (C=O) groups excluding carboxylic acids is 4. The third-order valence-electron chi connectivity index (χ3n) is 16.9. The number of para-hydroxylation sites is 2. The zero-order valence-corrected chi connectivity index (χ0v) is 74.4. The van der Waals surface area contributed by atoms with E-state index in [4.69, 9.17) is 64.0 Å². The summed E-state index contributed by atoms with van der Waals surface area (Å²) in [4.78, 5) is 89.7. The summed E-state index contributed by atoms with van der Waals surface area (Å²) in [6.45, 7) is 22.9. The average Bonchev–Trinajstić information content (AvgIpc) is 1.74. The van der Waals surface area contributed by atoms with E-state index in [9.17, 15) is 59.1 Å². The molecule has 0 spiro atoms. The lowest BCUT2D eigenvalue weighted by Gasteiger charge is -2.26. The summed E-state index contributed by atoms with van der Waals surface area (Å²) in [5, 5.41) is 84.5. The van der Waals surface area contributed by atoms with E-state index in [1.54, 1.807) is 120 Å². The van der Waals surface area contributed by atoms with E-state index < -0.39 is 120 Å². The van der Waals surface area contributed by atoms with Crippen LogP contribution in [0.15, 0.2) is 183 Å². The van der Waals surface area contributed by atoms with Crippen LogP contribution in [0.3, 0.4) is 0 Å². The maximum atomic E-state index is 12.4. The van der Waals surface area contributed by atoms with Gasteiger partial charge < -0.3 is 106 Å². The summed E-state index contributed by atoms with van der Waals surface area (Å²) < 4.78 is 44.1. The number of fused-ring (bicyclic) bond motifs is 2. The van der Waals surface area contributed by atoms with E-state index in [0.717, 1.165) is 54.0 Å². The molecular formula is C86H112N7O23P3S2. The average molecular weight is 1770 g/mol. The molecule has 0 radical (unpaired) electrons. The number of thiazole rings is 2. The van der Waals surface area contributed by atoms with Gasteiger partial charge in [-0.2, -0.15) is 0 Å². The van der Waals surface area contributed by atoms with Gasteiger partial charge in [-0.05, 0) is 220 Å². The Bertz CT molecular complexity index is 4650. The largest absolute Gasteiger partial charge is 0.481 e. The van der Waals surface area contributed by atoms with Crippen molar-refractivity contribution >= 4 is 113 Å². The van der Waals surface area contributed by atoms with Crippen molar-refractivity contribution < 1.29 is 112 Å². The molecule has 0 saturated heterocycles. The van der Waals surface area contributed by atoms with Gasteiger partial charge in [0, 0.05) is 18.5 Å². The third-order valence-corrected chi connectivity index (χ3v) is 19.6. The molecule has 9 aromatic rings. The second-order valence-corrected chi connectivity index (χ2v) is 33.8. The molecule has 30 nitrogen and oxygen atoms in total. The van der Waals surface area contributed by atoms with Crippen LogP contribution in [0.5, 0.6) is 39.1 Å². The van der Waals surface area contributed by atoms with Gasteiger partial charge in [-0.1, -0.05) is 128 Å². The minimum atomic E-state index is -1.75. The molecule has 7 aromatic carbocycles. The molecule has 0 aliphatic rings. The van der Waals surface area contributed by atoms with Crippen LogP contribution in [0.1, 0.15) is 117 Å². The number of aliphatic carboxylic acids is 3. The number of nitrogens with two attached hydrogens (primary N) is 2. The fourth-order valence-corrected chi connectivity index (χ4v) is 13.2. The van der Waals surface area contributed by atoms with Gasteiger partial charge in [0.25, 0.3) is 10.4 Å². The quantitative estimate of drug-likeness (QED) is 0.0101. The van der Waals surface area contributed by atoms with Crippen molar-refractivity contribution in [1.82, 2.24) is 25.9 Å². The molecule has 656 valence electrons. The first-order valence-corrected chi connectivity index (χ1v) is 41.3. The van der Waals surface area contributed by atoms with Gasteiger partial charge in [0.1, 0.15) is 51.7 Å². The number of aliphatic hydroxyl groups excluding tert-OH is 5. The number of aliphatic hydroxyl groups is 5. The van der Waals surface area contributed by atoms with Crippen LogP contribution < -0.4 is 50.5 Å². The molecule has 2 aromatic heterocycles. The lowest BCUT2D eigenvalue weighted by molar-refractivity contribution is -0.148. The monoisotopic (exact) mass is 1770 g/mol. The second kappa shape index (κ2) is 49.8. The normalized spacial score (nSPS) is 13.7. The highest BCUT2D eigenvalue weighted by Gasteiger charge is 2.32. The predicted octanol–water partition coefficient (Wildman–Crippen LogP) is 13.3. The number of alkyl carbamates (subject to hydrolysis) is 3. The summed E-state index contributed by atoms with van der Waals surface area (Å²) >= 11 is 2.92. The van der Waals surface area contributed by atoms with Gasteiger partial charge in [0.15, 0.2) is 18.0 Å². The van der Waals surface area contributed by atoms with Gasteiger partial charge in [0.2, 0.25) is 0 Å². The van der Waals surface area contributed by atoms with E-state index in [1.807, 2.05) is 132 Å². The molecule has 121 heavy (non-hydrogen) atoms. The Labute approximate surface area is 718 Å². The minimum Gasteiger partial charge on any atom is -0.481 e. The van der Waals surface area contributed by atoms with Crippen molar-refractivity contribution in [2.45, 2.75) is 193 Å². The lowest BCUT2D eigenvalue weighted by atomic mass is 9.89. The van der Waals surface area contributed by atoms with E-state index >= 15 is 0 Å². The maximum absolute atomic E-state index is 12.4. The first-order chi connectivity index (χ1) is 56.9. The molecule has 0 fully saturated rings. The van der Waals surface area contributed by atoms with Crippen molar-refractivity contribution in [3.63, 3.8) is 0 Å². The van der Waals surface area contributed by atoms with E-state index in [0.29, 0.717) is 52.6 Å². The fraction of sp³-hybridized carbons (Fsp3) is 0.384. The number of amides is 3. The van der Waals surface area contributed by atoms with Crippen LogP contribution in [0.4, 0.5) is 14.4 Å². The minimum absolute atomic E-state index is 0.129. The molecule has 0 bridgehead atoms. The van der Waals surface area contributed by atoms with Crippen LogP contribution in [-0.2, 0) is 65.5 Å². The Morgan fingerprint density at radius 3 is 1.12 bits per heavy atom. The molecule has 13 atom stereocenters. The Morgan fingerprint density at radius 2 is 0.785 bits per heavy atom. The zero-order chi connectivity index (χ0) is 89.9. The number of hydrogen-bond acceptors (Lipinski definition) is 26. The highest BCUT2D eigenvalue weighted by Crippen LogP contribution is 2.34. The van der Waals surface area contributed by atoms with E-state index in [1.165, 1.54) is 22.7 Å². The van der Waals surface area contributed by atoms with E-state index in [-0.39, 0.29) is 37.6 Å². The van der Waals surface area contributed by atoms with Gasteiger partial charge in [-0.3, -0.25) is 9.59 Å². The number of ketones is 1. The SMILES string of the molecule is C=C[C@@H](Cc1ccc(OP)cc1)NC(=O)OC(C)(C)C.CC(C)(C)OC(=O)N[C@H](Cc1ccc(OP)cc1)C(O)C(=O)O.CC(C)(C)OC(=O)N[C@H](Cc1ccc(OP)cc1)C(O)CO.CC(C)C[C@H](CC(=O)[C@@H](O)[C@H](N)Cc1ccc(Oc2nc3ccccc3s2)cc1)C(=O)O.N[C@H](Cc1ccc(Oc2nc3ccccc3s2)cc1)C(O)C(=O)O. The second-order valence-electron chi connectivity index (χ2n) is 31.1. The standard InChI is InChI=1S/C24H28N2O5S.C17H16N2O4S.C15H22NO6P.C15H24NO5P.C15H22NO3P/c1-14(2)11-16(23(29)30)13-20(27)22(28)18(25)12-15-7-9-17(10-8-15)31-24-26-19-5-3-4-6-21(19)32-24;18-12(15(20)16(21)22)9-10-5-7-11(8-6-10)23-17-19-13-3-1-2-4-14(13)24-17;1-15(2,3)21-14(20)16-11(12(17)13(18)19)8-9-4-6-10(22-23)7-5-9;1-15(2,3)20-14(19)16-12(13(18)9-17)8-10-4-6-11(21-22)7-5-10;1-5-12(16-14(17)18-15(2,3)4)10-11-6-8-13(19-20)9-7-11/h3-10,14,16,18,22,28H,11-13,25H2,1-2H3,(H,29,30);1-8,12,15,20H,9,18H2,(H,21,22);4-7,11-12,17H,8,23H2,1-3H3,(H,16,20)(H,18,19);4-7,12-13,17-18H,8-9,22H2,1-3H3,(H,16,19);5-9,12H,1,10,20H2,2-4H3,(H,16,17)/t16-,18-,22+;12-,15?;11-,12?;12-,13?;12-/m11110/s1. The van der Waals surface area contributed by atoms with E-state index in [2.05, 4.69) is 60.9 Å². The van der Waals surface area contributed by atoms with Crippen molar-refractivity contribution in [2.75, 3.05) is 6.61 Å². The summed E-state index contributed by atoms with van der Waals surface area (Å²) in [6.07, 6.45) is -4.15. The molecule has 2 heterocycles. The third kappa shape index (κ3) is 38.3. The summed E-state index contributed by atoms with van der Waals surface area (Å²) in [6, 6.07) is 48.0. The van der Waals surface area contributed by atoms with Crippen molar-refractivity contribution in [1.29, 1.82) is 0 Å². The highest BCUT2D eigenvalue weighted by molar-refractivity contribution is 7.20. The first-order valence-electron chi connectivity index (χ1n) is 38.2. The number of carbonyl (C=O) groups is 7. The molecule has 6 unspecified atom stereocenters. The number of rotatable bonds is 34. The molecule has 15 N–H and O–H groups in total. The molecule has 0 aliphatic carbocycles. The lowest BCUT2D eigenvalue weighted by Crippen LogP contribution is -2.49. The highest BCUT2D eigenvalue weighted by atomic mass is 32.1. The Balaban J connectivity index is 0.000000272. The molecular weight excluding hydrogens is 1660 g/mol. The number of Topliss-reactive ketones (excluding diaryl/α,β-unsaturated/α-hetero) is 1. The van der Waals surface area contributed by atoms with Crippen LogP contribution in [0.2, 0.25) is 0 Å². The number of carboxylic acids is 3. The number of nitrogens with zero attached hydrogens (tertiary/aromatic N) is 2. The summed E-state index contributed by atoms with van der Waals surface area (Å²) in [5.41, 5.74) is 16.0. The van der Waals surface area contributed by atoms with Crippen molar-refractivity contribution in [3.05, 3.63) is 210 Å². The number of aromatic nitrogens is 2. The van der Waals surface area contributed by atoms with Crippen molar-refractivity contribution in [2.24, 2.45) is 23.3 Å². The van der Waals surface area contributed by atoms with Gasteiger partial charge in [0.05, 0.1) is 85.6 Å². The Hall–Kier alpha value is -10.0. The topological polar surface area (TPSA) is 469 Å². The Kier molecular flexibility index (Phi) is 41.8. The van der Waals surface area contributed by atoms with Crippen LogP contribution >= 0.6 is 51.1 Å². The Morgan fingerprint density at radius 1 is 0.455 bits per heavy atom. The van der Waals surface area contributed by atoms with Crippen LogP contribution in [0, 0.1) is 11.8 Å². The molecule has 3 amide bonds. The van der Waals surface area contributed by atoms with Crippen LogP contribution in [-0.4, -0.2) is 171 Å². The number of hydrogen-bond donors (Lipinski definition) is 13. The molecule has 9 rings (SSSR count). The van der Waals surface area contributed by atoms with Gasteiger partial charge in [-0.15, -0.1) is 6.58 Å². The fourth-order valence-electron chi connectivity index (χ4n) is 11.0. The number of carboxylic acid groups (broad SMARTS) is 3. The molecule has 0 aliphatic heterocycles. The van der Waals surface area contributed by atoms with Gasteiger partial charge >= 0.3 is 36.2 Å². The summed E-state index contributed by atoms with van der Waals surface area (Å²) in [7, 11) is 6.48. The van der Waals surface area contributed by atoms with Gasteiger partial charge in [-0.25, -0.2) is 33.9 Å². The summed E-state index contributed by atoms with van der Waals surface area (Å²) in [5.74, 6) is -1.66. The van der Waals surface area contributed by atoms with Crippen molar-refractivity contribution in [3.8, 4) is 39.1 Å². The number of benzene rings is 7. The first kappa shape index (κ1) is 102. The zero-order valence-electron chi connectivity index (χ0n) is 69.3. The molecule has 0 saturated carbocycles. The molecule has 35 heteroatoms. The number of nitrogens with one attached hydrogen (secondary N) is 3. The van der Waals surface area contributed by atoms with Crippen LogP contribution in [0.25, 0.3) is 20.4 Å². The predicted molar refractivity (Wildman–Crippen MR) is 473 cm³/mol. The maximum Gasteiger partial charge on any atom is 0.408 e. The smallest absolute Gasteiger partial charge is 0.408 e. The number of ether oxygens (including phenoxy) is 5.